The summed E-state index contributed by atoms with van der Waals surface area (Å²) in [6, 6.07) is 0. The fourth-order valence-electron chi connectivity index (χ4n) is 3.50. The molecule has 8 nitrogen and oxygen atoms in total. The predicted octanol–water partition coefficient (Wildman–Crippen LogP) is 3.91. The lowest BCUT2D eigenvalue weighted by molar-refractivity contribution is 0.0678. The third-order valence-corrected chi connectivity index (χ3v) is 6.16. The van der Waals surface area contributed by atoms with Crippen molar-refractivity contribution in [2.24, 2.45) is 7.05 Å². The van der Waals surface area contributed by atoms with E-state index in [1.54, 1.807) is 0 Å². The number of unbranched alkanes of at least 4 members (excludes halogenated alkanes) is 3. The Labute approximate surface area is 188 Å². The van der Waals surface area contributed by atoms with Gasteiger partial charge < -0.3 is 0 Å². The van der Waals surface area contributed by atoms with E-state index in [0.717, 1.165) is 46.6 Å². The highest BCUT2D eigenvalue weighted by Crippen LogP contribution is 2.27. The van der Waals surface area contributed by atoms with Gasteiger partial charge in [0.25, 0.3) is 5.56 Å². The Morgan fingerprint density at radius 2 is 1.88 bits per heavy atom. The van der Waals surface area contributed by atoms with Gasteiger partial charge in [-0.3, -0.25) is 18.5 Å². The average molecular weight is 467 g/mol. The Kier molecular flexibility index (Phi) is 8.16. The van der Waals surface area contributed by atoms with Gasteiger partial charge in [0.1, 0.15) is 22.1 Å². The van der Waals surface area contributed by atoms with E-state index in [1.165, 1.54) is 24.0 Å². The van der Waals surface area contributed by atoms with E-state index in [1.807, 2.05) is 6.92 Å². The maximum absolute atomic E-state index is 13.2. The third-order valence-electron chi connectivity index (χ3n) is 5.19. The molecule has 0 aromatic carbocycles. The van der Waals surface area contributed by atoms with Crippen molar-refractivity contribution in [1.29, 1.82) is 0 Å². The van der Waals surface area contributed by atoms with Crippen LogP contribution < -0.4 is 11.2 Å². The summed E-state index contributed by atoms with van der Waals surface area (Å²) < 4.78 is 29.7. The Morgan fingerprint density at radius 1 is 1.09 bits per heavy atom. The fraction of sp³-hybridized carbons (Fsp3) is 0.571. The van der Waals surface area contributed by atoms with E-state index in [4.69, 9.17) is 0 Å². The van der Waals surface area contributed by atoms with Crippen LogP contribution in [0, 0.1) is 0 Å². The summed E-state index contributed by atoms with van der Waals surface area (Å²) in [5.74, 6) is 0.834. The van der Waals surface area contributed by atoms with Crippen molar-refractivity contribution < 1.29 is 8.78 Å². The number of halogens is 2. The quantitative estimate of drug-likeness (QED) is 0.242. The minimum atomic E-state index is -2.70. The fourth-order valence-corrected chi connectivity index (χ4v) is 4.48. The van der Waals surface area contributed by atoms with E-state index < -0.39 is 17.8 Å². The summed E-state index contributed by atoms with van der Waals surface area (Å²) in [6.07, 6.45) is 7.97. The smallest absolute Gasteiger partial charge is 0.277 e. The van der Waals surface area contributed by atoms with Crippen LogP contribution >= 0.6 is 11.8 Å². The standard InChI is InChI=1S/C21H28F2N6O2S/c1-4-6-7-8-9-14-25-17-16(19(30)27(3)21(31)29(17)11-5-2)18(26-14)32-13-15-24-10-12-28(15)20(22)23/h10,12,20H,4-9,11,13H2,1-3H3. The molecule has 174 valence electrons. The number of aromatic nitrogens is 6. The molecule has 3 aromatic heterocycles. The van der Waals surface area contributed by atoms with Gasteiger partial charge in [-0.05, 0) is 12.8 Å². The van der Waals surface area contributed by atoms with E-state index in [0.29, 0.717) is 35.9 Å². The number of nitrogens with zero attached hydrogens (tertiary/aromatic N) is 6. The molecule has 3 heterocycles. The first-order valence-corrected chi connectivity index (χ1v) is 11.8. The van der Waals surface area contributed by atoms with Crippen LogP contribution in [0.1, 0.15) is 64.1 Å². The van der Waals surface area contributed by atoms with Crippen LogP contribution in [-0.2, 0) is 25.8 Å². The summed E-state index contributed by atoms with van der Waals surface area (Å²) in [5, 5.41) is 0.618. The van der Waals surface area contributed by atoms with Gasteiger partial charge in [0.2, 0.25) is 0 Å². The van der Waals surface area contributed by atoms with Gasteiger partial charge in [0.05, 0.1) is 5.75 Å². The van der Waals surface area contributed by atoms with Gasteiger partial charge in [-0.15, -0.1) is 0 Å². The number of rotatable bonds is 11. The lowest BCUT2D eigenvalue weighted by Gasteiger charge is -2.14. The molecule has 0 bridgehead atoms. The molecule has 0 unspecified atom stereocenters. The van der Waals surface area contributed by atoms with Crippen LogP contribution in [0.2, 0.25) is 0 Å². The van der Waals surface area contributed by atoms with Gasteiger partial charge in [0, 0.05) is 32.4 Å². The molecule has 0 aliphatic heterocycles. The summed E-state index contributed by atoms with van der Waals surface area (Å²) >= 11 is 1.16. The molecule has 0 amide bonds. The number of hydrogen-bond acceptors (Lipinski definition) is 6. The summed E-state index contributed by atoms with van der Waals surface area (Å²) in [6.45, 7) is 1.78. The molecule has 0 N–H and O–H groups in total. The van der Waals surface area contributed by atoms with Crippen molar-refractivity contribution in [2.45, 2.75) is 76.2 Å². The molecule has 0 radical (unpaired) electrons. The van der Waals surface area contributed by atoms with Gasteiger partial charge in [-0.2, -0.15) is 8.78 Å². The van der Waals surface area contributed by atoms with Gasteiger partial charge in [0.15, 0.2) is 5.65 Å². The van der Waals surface area contributed by atoms with Crippen LogP contribution in [0.15, 0.2) is 27.0 Å². The molecule has 0 aliphatic rings. The van der Waals surface area contributed by atoms with E-state index in [-0.39, 0.29) is 17.0 Å². The number of hydrogen-bond donors (Lipinski definition) is 0. The first kappa shape index (κ1) is 24.1. The first-order chi connectivity index (χ1) is 15.4. The molecule has 0 spiro atoms. The van der Waals surface area contributed by atoms with Crippen molar-refractivity contribution >= 4 is 22.8 Å². The predicted molar refractivity (Wildman–Crippen MR) is 120 cm³/mol. The lowest BCUT2D eigenvalue weighted by atomic mass is 10.1. The second-order valence-corrected chi connectivity index (χ2v) is 8.53. The van der Waals surface area contributed by atoms with E-state index in [2.05, 4.69) is 21.9 Å². The van der Waals surface area contributed by atoms with Crippen LogP contribution in [0.5, 0.6) is 0 Å². The number of fused-ring (bicyclic) bond motifs is 1. The highest BCUT2D eigenvalue weighted by molar-refractivity contribution is 7.98. The second-order valence-electron chi connectivity index (χ2n) is 7.57. The molecule has 0 saturated heterocycles. The van der Waals surface area contributed by atoms with E-state index in [9.17, 15) is 18.4 Å². The Bertz CT molecular complexity index is 1190. The largest absolute Gasteiger partial charge is 0.332 e. The van der Waals surface area contributed by atoms with Crippen molar-refractivity contribution in [3.05, 3.63) is 44.9 Å². The molecule has 0 atom stereocenters. The molecule has 3 aromatic rings. The number of aryl methyl sites for hydroxylation is 2. The Morgan fingerprint density at radius 3 is 2.56 bits per heavy atom. The highest BCUT2D eigenvalue weighted by atomic mass is 32.2. The molecule has 0 saturated carbocycles. The minimum absolute atomic E-state index is 0.106. The van der Waals surface area contributed by atoms with Crippen LogP contribution in [0.3, 0.4) is 0 Å². The normalized spacial score (nSPS) is 11.7. The monoisotopic (exact) mass is 466 g/mol. The van der Waals surface area contributed by atoms with Crippen LogP contribution in [0.25, 0.3) is 11.0 Å². The van der Waals surface area contributed by atoms with Gasteiger partial charge in [-0.1, -0.05) is 44.9 Å². The van der Waals surface area contributed by atoms with Crippen LogP contribution in [0.4, 0.5) is 8.78 Å². The summed E-state index contributed by atoms with van der Waals surface area (Å²) in [4.78, 5) is 38.9. The molecule has 3 rings (SSSR count). The molecular weight excluding hydrogens is 438 g/mol. The van der Waals surface area contributed by atoms with Crippen molar-refractivity contribution in [2.75, 3.05) is 0 Å². The van der Waals surface area contributed by atoms with Crippen LogP contribution in [-0.4, -0.2) is 28.7 Å². The molecule has 11 heteroatoms. The maximum Gasteiger partial charge on any atom is 0.332 e. The van der Waals surface area contributed by atoms with Gasteiger partial charge in [-0.25, -0.2) is 19.7 Å². The minimum Gasteiger partial charge on any atom is -0.277 e. The average Bonchev–Trinajstić information content (AvgIpc) is 3.25. The second kappa shape index (κ2) is 10.8. The Balaban J connectivity index is 2.09. The topological polar surface area (TPSA) is 87.6 Å². The van der Waals surface area contributed by atoms with E-state index >= 15 is 0 Å². The summed E-state index contributed by atoms with van der Waals surface area (Å²) in [5.41, 5.74) is -0.612. The maximum atomic E-state index is 13.2. The number of imidazole rings is 1. The molecule has 0 fully saturated rings. The van der Waals surface area contributed by atoms with Crippen molar-refractivity contribution in [3.8, 4) is 0 Å². The lowest BCUT2D eigenvalue weighted by Crippen LogP contribution is -2.39. The molecule has 32 heavy (non-hydrogen) atoms. The highest BCUT2D eigenvalue weighted by Gasteiger charge is 2.20. The molecule has 0 aliphatic carbocycles. The van der Waals surface area contributed by atoms with Gasteiger partial charge >= 0.3 is 12.2 Å². The molecular formula is C21H28F2N6O2S. The number of thioether (sulfide) groups is 1. The zero-order valence-electron chi connectivity index (χ0n) is 18.6. The third kappa shape index (κ3) is 5.08. The summed E-state index contributed by atoms with van der Waals surface area (Å²) in [7, 11) is 1.42. The number of alkyl halides is 2. The zero-order chi connectivity index (χ0) is 23.3. The first-order valence-electron chi connectivity index (χ1n) is 10.8. The zero-order valence-corrected chi connectivity index (χ0v) is 19.4. The SMILES string of the molecule is CCCCCCc1nc(SCc2nccn2C(F)F)c2c(=O)n(C)c(=O)n(CCC)c2n1. The van der Waals surface area contributed by atoms with Crippen molar-refractivity contribution in [3.63, 3.8) is 0 Å². The Hall–Kier alpha value is -2.56. The van der Waals surface area contributed by atoms with Crippen molar-refractivity contribution in [1.82, 2.24) is 28.7 Å².